The molecular formula is C12H22N2O2. The molecule has 4 heteroatoms. The van der Waals surface area contributed by atoms with Gasteiger partial charge in [0.25, 0.3) is 0 Å². The smallest absolute Gasteiger partial charge is 0.227 e. The fourth-order valence-electron chi connectivity index (χ4n) is 1.77. The van der Waals surface area contributed by atoms with Crippen LogP contribution in [0.1, 0.15) is 19.8 Å². The van der Waals surface area contributed by atoms with Crippen molar-refractivity contribution in [3.05, 3.63) is 12.7 Å². The largest absolute Gasteiger partial charge is 0.379 e. The minimum atomic E-state index is -0.0450. The number of carbonyl (C=O) groups excluding carboxylic acids is 1. The molecular weight excluding hydrogens is 204 g/mol. The van der Waals surface area contributed by atoms with E-state index < -0.39 is 0 Å². The van der Waals surface area contributed by atoms with E-state index >= 15 is 0 Å². The van der Waals surface area contributed by atoms with Crippen molar-refractivity contribution in [2.24, 2.45) is 5.92 Å². The predicted molar refractivity (Wildman–Crippen MR) is 64.2 cm³/mol. The molecule has 4 nitrogen and oxygen atoms in total. The molecule has 92 valence electrons. The van der Waals surface area contributed by atoms with Crippen molar-refractivity contribution in [3.63, 3.8) is 0 Å². The summed E-state index contributed by atoms with van der Waals surface area (Å²) in [5.41, 5.74) is 0. The molecule has 1 aliphatic rings. The van der Waals surface area contributed by atoms with Crippen molar-refractivity contribution in [2.45, 2.75) is 25.8 Å². The topological polar surface area (TPSA) is 50.4 Å². The van der Waals surface area contributed by atoms with Crippen LogP contribution < -0.4 is 10.6 Å². The zero-order chi connectivity index (χ0) is 11.8. The number of hydrogen-bond acceptors (Lipinski definition) is 3. The molecule has 1 heterocycles. The van der Waals surface area contributed by atoms with Crippen LogP contribution >= 0.6 is 0 Å². The SMILES string of the molecule is C=CCCNC(=O)C1COCC1NCCC. The van der Waals surface area contributed by atoms with E-state index in [1.54, 1.807) is 6.08 Å². The first-order chi connectivity index (χ1) is 7.79. The molecule has 0 aromatic rings. The second-order valence-corrected chi connectivity index (χ2v) is 4.07. The summed E-state index contributed by atoms with van der Waals surface area (Å²) in [6.07, 6.45) is 3.69. The highest BCUT2D eigenvalue weighted by atomic mass is 16.5. The lowest BCUT2D eigenvalue weighted by atomic mass is 10.0. The van der Waals surface area contributed by atoms with Crippen LogP contribution in [0, 0.1) is 5.92 Å². The molecule has 0 bridgehead atoms. The van der Waals surface area contributed by atoms with E-state index in [2.05, 4.69) is 24.1 Å². The highest BCUT2D eigenvalue weighted by molar-refractivity contribution is 5.79. The second kappa shape index (κ2) is 7.41. The van der Waals surface area contributed by atoms with Crippen LogP contribution in [-0.4, -0.2) is 38.3 Å². The number of rotatable bonds is 7. The number of amides is 1. The molecule has 0 saturated carbocycles. The Hall–Kier alpha value is -0.870. The van der Waals surface area contributed by atoms with Gasteiger partial charge in [-0.2, -0.15) is 0 Å². The molecule has 0 aromatic carbocycles. The third-order valence-corrected chi connectivity index (χ3v) is 2.72. The Kier molecular flexibility index (Phi) is 6.11. The molecule has 2 atom stereocenters. The third kappa shape index (κ3) is 3.94. The van der Waals surface area contributed by atoms with Crippen molar-refractivity contribution in [2.75, 3.05) is 26.3 Å². The maximum absolute atomic E-state index is 11.8. The average Bonchev–Trinajstić information content (AvgIpc) is 2.74. The molecule has 1 rings (SSSR count). The predicted octanol–water partition coefficient (Wildman–Crippen LogP) is 0.693. The first-order valence-electron chi connectivity index (χ1n) is 5.99. The number of nitrogens with one attached hydrogen (secondary N) is 2. The zero-order valence-corrected chi connectivity index (χ0v) is 10.00. The monoisotopic (exact) mass is 226 g/mol. The van der Waals surface area contributed by atoms with E-state index in [0.29, 0.717) is 19.8 Å². The molecule has 2 N–H and O–H groups in total. The van der Waals surface area contributed by atoms with Crippen molar-refractivity contribution >= 4 is 5.91 Å². The fraction of sp³-hybridized carbons (Fsp3) is 0.750. The highest BCUT2D eigenvalue weighted by Crippen LogP contribution is 2.13. The standard InChI is InChI=1S/C12H22N2O2/c1-3-5-7-14-12(15)10-8-16-9-11(10)13-6-4-2/h3,10-11,13H,1,4-9H2,2H3,(H,14,15). The average molecular weight is 226 g/mol. The molecule has 1 fully saturated rings. The van der Waals surface area contributed by atoms with Crippen LogP contribution in [0.15, 0.2) is 12.7 Å². The molecule has 0 spiro atoms. The van der Waals surface area contributed by atoms with Crippen molar-refractivity contribution in [1.82, 2.24) is 10.6 Å². The van der Waals surface area contributed by atoms with E-state index in [1.807, 2.05) is 0 Å². The van der Waals surface area contributed by atoms with E-state index in [9.17, 15) is 4.79 Å². The van der Waals surface area contributed by atoms with Crippen molar-refractivity contribution < 1.29 is 9.53 Å². The van der Waals surface area contributed by atoms with Crippen LogP contribution in [0.3, 0.4) is 0 Å². The minimum absolute atomic E-state index is 0.0450. The Balaban J connectivity index is 2.32. The maximum Gasteiger partial charge on any atom is 0.227 e. The number of ether oxygens (including phenoxy) is 1. The molecule has 16 heavy (non-hydrogen) atoms. The Bertz CT molecular complexity index is 231. The van der Waals surface area contributed by atoms with Crippen molar-refractivity contribution in [3.8, 4) is 0 Å². The number of hydrogen-bond donors (Lipinski definition) is 2. The van der Waals surface area contributed by atoms with Gasteiger partial charge in [0.05, 0.1) is 19.1 Å². The summed E-state index contributed by atoms with van der Waals surface area (Å²) in [5.74, 6) is 0.0457. The molecule has 2 unspecified atom stereocenters. The van der Waals surface area contributed by atoms with Gasteiger partial charge in [0.1, 0.15) is 0 Å². The molecule has 0 aliphatic carbocycles. The van der Waals surface area contributed by atoms with Crippen LogP contribution in [-0.2, 0) is 9.53 Å². The summed E-state index contributed by atoms with van der Waals surface area (Å²) in [6, 6.07) is 0.170. The molecule has 1 saturated heterocycles. The van der Waals surface area contributed by atoms with Gasteiger partial charge in [0, 0.05) is 12.6 Å². The quantitative estimate of drug-likeness (QED) is 0.496. The van der Waals surface area contributed by atoms with E-state index in [1.165, 1.54) is 0 Å². The van der Waals surface area contributed by atoms with Crippen LogP contribution in [0.5, 0.6) is 0 Å². The maximum atomic E-state index is 11.8. The van der Waals surface area contributed by atoms with Crippen molar-refractivity contribution in [1.29, 1.82) is 0 Å². The zero-order valence-electron chi connectivity index (χ0n) is 10.00. The van der Waals surface area contributed by atoms with Gasteiger partial charge in [-0.25, -0.2) is 0 Å². The molecule has 1 aliphatic heterocycles. The summed E-state index contributed by atoms with van der Waals surface area (Å²) in [6.45, 7) is 8.50. The first-order valence-corrected chi connectivity index (χ1v) is 5.99. The van der Waals surface area contributed by atoms with Crippen LogP contribution in [0.25, 0.3) is 0 Å². The van der Waals surface area contributed by atoms with E-state index in [4.69, 9.17) is 4.74 Å². The van der Waals surface area contributed by atoms with Gasteiger partial charge >= 0.3 is 0 Å². The van der Waals surface area contributed by atoms with E-state index in [0.717, 1.165) is 19.4 Å². The van der Waals surface area contributed by atoms with Gasteiger partial charge in [0.2, 0.25) is 5.91 Å². The van der Waals surface area contributed by atoms with Gasteiger partial charge in [-0.1, -0.05) is 13.0 Å². The lowest BCUT2D eigenvalue weighted by molar-refractivity contribution is -0.125. The van der Waals surface area contributed by atoms with Gasteiger partial charge in [-0.15, -0.1) is 6.58 Å². The van der Waals surface area contributed by atoms with Crippen LogP contribution in [0.2, 0.25) is 0 Å². The second-order valence-electron chi connectivity index (χ2n) is 4.07. The molecule has 1 amide bonds. The first kappa shape index (κ1) is 13.2. The summed E-state index contributed by atoms with van der Waals surface area (Å²) in [4.78, 5) is 11.8. The van der Waals surface area contributed by atoms with Gasteiger partial charge < -0.3 is 15.4 Å². The summed E-state index contributed by atoms with van der Waals surface area (Å²) in [7, 11) is 0. The Morgan fingerprint density at radius 2 is 2.31 bits per heavy atom. The fourth-order valence-corrected chi connectivity index (χ4v) is 1.77. The Morgan fingerprint density at radius 3 is 3.00 bits per heavy atom. The minimum Gasteiger partial charge on any atom is -0.379 e. The summed E-state index contributed by atoms with van der Waals surface area (Å²) in [5, 5.41) is 6.25. The summed E-state index contributed by atoms with van der Waals surface area (Å²) >= 11 is 0. The normalized spacial score (nSPS) is 24.3. The lowest BCUT2D eigenvalue weighted by Gasteiger charge is -2.18. The third-order valence-electron chi connectivity index (χ3n) is 2.72. The summed E-state index contributed by atoms with van der Waals surface area (Å²) < 4.78 is 5.35. The Labute approximate surface area is 97.4 Å². The Morgan fingerprint density at radius 1 is 1.50 bits per heavy atom. The van der Waals surface area contributed by atoms with Gasteiger partial charge in [-0.3, -0.25) is 4.79 Å². The molecule has 0 radical (unpaired) electrons. The highest BCUT2D eigenvalue weighted by Gasteiger charge is 2.33. The lowest BCUT2D eigenvalue weighted by Crippen LogP contribution is -2.44. The van der Waals surface area contributed by atoms with Gasteiger partial charge in [0.15, 0.2) is 0 Å². The number of carbonyl (C=O) groups is 1. The van der Waals surface area contributed by atoms with E-state index in [-0.39, 0.29) is 17.9 Å². The van der Waals surface area contributed by atoms with Crippen LogP contribution in [0.4, 0.5) is 0 Å². The van der Waals surface area contributed by atoms with Gasteiger partial charge in [-0.05, 0) is 19.4 Å². The molecule has 0 aromatic heterocycles.